The van der Waals surface area contributed by atoms with E-state index in [1.165, 1.54) is 6.33 Å². The number of hydrogen-bond donors (Lipinski definition) is 0. The molecule has 2 aromatic rings. The largest absolute Gasteiger partial charge is 0.353 e. The van der Waals surface area contributed by atoms with Gasteiger partial charge in [0.1, 0.15) is 17.3 Å². The van der Waals surface area contributed by atoms with E-state index >= 15 is 0 Å². The molecule has 0 N–H and O–H groups in total. The van der Waals surface area contributed by atoms with E-state index in [9.17, 15) is 0 Å². The van der Waals surface area contributed by atoms with Crippen LogP contribution in [0.1, 0.15) is 11.3 Å². The minimum absolute atomic E-state index is 0.288. The predicted molar refractivity (Wildman–Crippen MR) is 70.8 cm³/mol. The number of anilines is 1. The van der Waals surface area contributed by atoms with Crippen molar-refractivity contribution in [2.75, 3.05) is 11.9 Å². The van der Waals surface area contributed by atoms with Crippen LogP contribution in [0, 0.1) is 0 Å². The van der Waals surface area contributed by atoms with Crippen LogP contribution in [0.4, 0.5) is 5.82 Å². The second kappa shape index (κ2) is 5.62. The third-order valence-electron chi connectivity index (χ3n) is 2.25. The van der Waals surface area contributed by atoms with Crippen molar-refractivity contribution >= 4 is 40.4 Å². The maximum atomic E-state index is 5.98. The van der Waals surface area contributed by atoms with Gasteiger partial charge in [-0.3, -0.25) is 0 Å². The number of hydrogen-bond acceptors (Lipinski definition) is 5. The van der Waals surface area contributed by atoms with Crippen molar-refractivity contribution in [2.45, 2.75) is 12.4 Å². The Morgan fingerprint density at radius 1 is 1.35 bits per heavy atom. The number of alkyl halides is 1. The standard InChI is InChI=1S/C10H10Cl2N4S/c1-16(3-7-4-17-6-15-7)10-8(2-11)9(12)13-5-14-10/h4-6H,2-3H2,1H3. The molecule has 0 aromatic carbocycles. The van der Waals surface area contributed by atoms with E-state index in [0.29, 0.717) is 11.7 Å². The molecule has 0 fully saturated rings. The molecule has 0 saturated heterocycles. The molecule has 0 saturated carbocycles. The van der Waals surface area contributed by atoms with Crippen LogP contribution in [-0.2, 0) is 12.4 Å². The lowest BCUT2D eigenvalue weighted by atomic mass is 10.3. The quantitative estimate of drug-likeness (QED) is 0.641. The van der Waals surface area contributed by atoms with Gasteiger partial charge in [0.25, 0.3) is 0 Å². The Bertz CT molecular complexity index is 489. The summed E-state index contributed by atoms with van der Waals surface area (Å²) in [6, 6.07) is 0. The first-order valence-corrected chi connectivity index (χ1v) is 6.71. The molecular weight excluding hydrogens is 279 g/mol. The van der Waals surface area contributed by atoms with Crippen LogP contribution in [0.3, 0.4) is 0 Å². The van der Waals surface area contributed by atoms with Crippen molar-refractivity contribution in [1.82, 2.24) is 15.0 Å². The molecule has 0 spiro atoms. The van der Waals surface area contributed by atoms with Crippen molar-refractivity contribution in [3.8, 4) is 0 Å². The normalized spacial score (nSPS) is 10.5. The van der Waals surface area contributed by atoms with Gasteiger partial charge >= 0.3 is 0 Å². The Labute approximate surface area is 113 Å². The van der Waals surface area contributed by atoms with Crippen LogP contribution in [0.25, 0.3) is 0 Å². The Hall–Kier alpha value is -0.910. The molecule has 0 radical (unpaired) electrons. The van der Waals surface area contributed by atoms with Gasteiger partial charge in [-0.15, -0.1) is 22.9 Å². The lowest BCUT2D eigenvalue weighted by Crippen LogP contribution is -2.19. The molecule has 0 aliphatic carbocycles. The predicted octanol–water partition coefficient (Wildman–Crippen LogP) is 2.96. The average molecular weight is 289 g/mol. The van der Waals surface area contributed by atoms with E-state index in [-0.39, 0.29) is 5.88 Å². The van der Waals surface area contributed by atoms with E-state index in [1.54, 1.807) is 16.8 Å². The fourth-order valence-electron chi connectivity index (χ4n) is 1.46. The number of aromatic nitrogens is 3. The van der Waals surface area contributed by atoms with Crippen LogP contribution in [0.15, 0.2) is 17.2 Å². The highest BCUT2D eigenvalue weighted by molar-refractivity contribution is 7.07. The van der Waals surface area contributed by atoms with Crippen molar-refractivity contribution < 1.29 is 0 Å². The minimum Gasteiger partial charge on any atom is -0.353 e. The lowest BCUT2D eigenvalue weighted by molar-refractivity contribution is 0.860. The summed E-state index contributed by atoms with van der Waals surface area (Å²) in [5.74, 6) is 1.03. The molecular formula is C10H10Cl2N4S. The second-order valence-corrected chi connectivity index (χ2v) is 4.78. The van der Waals surface area contributed by atoms with Gasteiger partial charge in [-0.25, -0.2) is 15.0 Å². The zero-order valence-corrected chi connectivity index (χ0v) is 11.4. The van der Waals surface area contributed by atoms with E-state index in [1.807, 2.05) is 17.3 Å². The molecule has 2 rings (SSSR count). The van der Waals surface area contributed by atoms with Gasteiger partial charge in [-0.1, -0.05) is 11.6 Å². The van der Waals surface area contributed by atoms with Gasteiger partial charge in [0, 0.05) is 18.0 Å². The first-order chi connectivity index (χ1) is 8.22. The smallest absolute Gasteiger partial charge is 0.138 e. The van der Waals surface area contributed by atoms with Gasteiger partial charge < -0.3 is 4.90 Å². The fraction of sp³-hybridized carbons (Fsp3) is 0.300. The zero-order chi connectivity index (χ0) is 12.3. The summed E-state index contributed by atoms with van der Waals surface area (Å²) in [4.78, 5) is 14.3. The van der Waals surface area contributed by atoms with E-state index in [4.69, 9.17) is 23.2 Å². The molecule has 4 nitrogen and oxygen atoms in total. The van der Waals surface area contributed by atoms with Crippen LogP contribution >= 0.6 is 34.5 Å². The van der Waals surface area contributed by atoms with Crippen molar-refractivity contribution in [1.29, 1.82) is 0 Å². The summed E-state index contributed by atoms with van der Waals surface area (Å²) >= 11 is 13.4. The Kier molecular flexibility index (Phi) is 4.15. The number of nitrogens with zero attached hydrogens (tertiary/aromatic N) is 4. The van der Waals surface area contributed by atoms with Crippen LogP contribution in [0.5, 0.6) is 0 Å². The Morgan fingerprint density at radius 2 is 2.18 bits per heavy atom. The molecule has 0 atom stereocenters. The number of thiazole rings is 1. The van der Waals surface area contributed by atoms with Gasteiger partial charge in [0.05, 0.1) is 23.6 Å². The van der Waals surface area contributed by atoms with Gasteiger partial charge in [-0.05, 0) is 0 Å². The maximum Gasteiger partial charge on any atom is 0.138 e. The topological polar surface area (TPSA) is 41.9 Å². The molecule has 17 heavy (non-hydrogen) atoms. The van der Waals surface area contributed by atoms with Gasteiger partial charge in [0.2, 0.25) is 0 Å². The van der Waals surface area contributed by atoms with Crippen molar-refractivity contribution in [3.05, 3.63) is 33.6 Å². The second-order valence-electron chi connectivity index (χ2n) is 3.44. The maximum absolute atomic E-state index is 5.98. The number of rotatable bonds is 4. The summed E-state index contributed by atoms with van der Waals surface area (Å²) in [7, 11) is 1.92. The minimum atomic E-state index is 0.288. The highest BCUT2D eigenvalue weighted by Gasteiger charge is 2.13. The molecule has 0 unspecified atom stereocenters. The molecule has 0 aliphatic rings. The first-order valence-electron chi connectivity index (χ1n) is 4.86. The van der Waals surface area contributed by atoms with Gasteiger partial charge in [-0.2, -0.15) is 0 Å². The fourth-order valence-corrected chi connectivity index (χ4v) is 2.52. The Morgan fingerprint density at radius 3 is 2.82 bits per heavy atom. The van der Waals surface area contributed by atoms with E-state index in [0.717, 1.165) is 17.1 Å². The molecule has 2 heterocycles. The summed E-state index contributed by atoms with van der Waals surface area (Å²) in [6.45, 7) is 0.667. The molecule has 2 aromatic heterocycles. The third kappa shape index (κ3) is 2.86. The highest BCUT2D eigenvalue weighted by atomic mass is 35.5. The van der Waals surface area contributed by atoms with Crippen molar-refractivity contribution in [3.63, 3.8) is 0 Å². The molecule has 90 valence electrons. The van der Waals surface area contributed by atoms with Crippen LogP contribution < -0.4 is 4.90 Å². The van der Waals surface area contributed by atoms with Crippen molar-refractivity contribution in [2.24, 2.45) is 0 Å². The summed E-state index contributed by atoms with van der Waals surface area (Å²) in [5, 5.41) is 2.40. The zero-order valence-electron chi connectivity index (χ0n) is 9.10. The molecule has 0 bridgehead atoms. The first kappa shape index (κ1) is 12.5. The van der Waals surface area contributed by atoms with Crippen LogP contribution in [-0.4, -0.2) is 22.0 Å². The highest BCUT2D eigenvalue weighted by Crippen LogP contribution is 2.25. The van der Waals surface area contributed by atoms with Crippen LogP contribution in [0.2, 0.25) is 5.15 Å². The molecule has 0 amide bonds. The summed E-state index contributed by atoms with van der Waals surface area (Å²) < 4.78 is 0. The third-order valence-corrected chi connectivity index (χ3v) is 3.48. The summed E-state index contributed by atoms with van der Waals surface area (Å²) in [5.41, 5.74) is 3.54. The summed E-state index contributed by atoms with van der Waals surface area (Å²) in [6.07, 6.45) is 1.44. The van der Waals surface area contributed by atoms with E-state index < -0.39 is 0 Å². The number of halogens is 2. The SMILES string of the molecule is CN(Cc1cscn1)c1ncnc(Cl)c1CCl. The van der Waals surface area contributed by atoms with Gasteiger partial charge in [0.15, 0.2) is 0 Å². The molecule has 0 aliphatic heterocycles. The Balaban J connectivity index is 2.24. The lowest BCUT2D eigenvalue weighted by Gasteiger charge is -2.19. The monoisotopic (exact) mass is 288 g/mol. The molecule has 7 heteroatoms. The van der Waals surface area contributed by atoms with E-state index in [2.05, 4.69) is 15.0 Å². The average Bonchev–Trinajstić information content (AvgIpc) is 2.81.